The number of hydrogen-bond donors (Lipinski definition) is 0. The van der Waals surface area contributed by atoms with Crippen LogP contribution in [-0.4, -0.2) is 53.4 Å². The predicted molar refractivity (Wildman–Crippen MR) is 120 cm³/mol. The molecule has 3 aromatic rings. The fraction of sp³-hybridized carbons (Fsp3) is 0.261. The van der Waals surface area contributed by atoms with Crippen LogP contribution in [0.3, 0.4) is 0 Å². The van der Waals surface area contributed by atoms with Crippen LogP contribution in [0.15, 0.2) is 65.5 Å². The third kappa shape index (κ3) is 5.06. The molecule has 0 atom stereocenters. The Hall–Kier alpha value is -3.32. The Morgan fingerprint density at radius 3 is 2.48 bits per heavy atom. The van der Waals surface area contributed by atoms with Crippen molar-refractivity contribution in [1.82, 2.24) is 14.7 Å². The van der Waals surface area contributed by atoms with E-state index in [1.165, 1.54) is 10.7 Å². The Morgan fingerprint density at radius 1 is 1.03 bits per heavy atom. The van der Waals surface area contributed by atoms with E-state index in [9.17, 15) is 9.59 Å². The van der Waals surface area contributed by atoms with E-state index in [1.807, 2.05) is 31.2 Å². The van der Waals surface area contributed by atoms with Crippen LogP contribution < -0.4 is 15.2 Å². The number of aryl methyl sites for hydroxylation is 1. The minimum absolute atomic E-state index is 0.0170. The SMILES string of the molecule is Cc1cccc(OCC(=O)N2CCN(c3ccc(=O)n(-c4ccc(Cl)cc4)n3)CC2)c1. The summed E-state index contributed by atoms with van der Waals surface area (Å²) in [7, 11) is 0. The highest BCUT2D eigenvalue weighted by atomic mass is 35.5. The lowest BCUT2D eigenvalue weighted by atomic mass is 10.2. The van der Waals surface area contributed by atoms with E-state index in [2.05, 4.69) is 10.00 Å². The van der Waals surface area contributed by atoms with E-state index in [1.54, 1.807) is 35.2 Å². The predicted octanol–water partition coefficient (Wildman–Crippen LogP) is 2.92. The molecule has 8 heteroatoms. The maximum Gasteiger partial charge on any atom is 0.271 e. The molecule has 1 amide bonds. The van der Waals surface area contributed by atoms with Crippen LogP contribution in [0.25, 0.3) is 5.69 Å². The van der Waals surface area contributed by atoms with Crippen molar-refractivity contribution in [3.05, 3.63) is 81.6 Å². The van der Waals surface area contributed by atoms with Crippen molar-refractivity contribution in [3.63, 3.8) is 0 Å². The smallest absolute Gasteiger partial charge is 0.271 e. The van der Waals surface area contributed by atoms with Gasteiger partial charge in [0.25, 0.3) is 11.5 Å². The van der Waals surface area contributed by atoms with Crippen molar-refractivity contribution < 1.29 is 9.53 Å². The van der Waals surface area contributed by atoms with Crippen LogP contribution in [-0.2, 0) is 4.79 Å². The Bertz CT molecular complexity index is 1120. The molecule has 0 radical (unpaired) electrons. The van der Waals surface area contributed by atoms with Crippen molar-refractivity contribution in [2.75, 3.05) is 37.7 Å². The van der Waals surface area contributed by atoms with Crippen LogP contribution in [0.4, 0.5) is 5.82 Å². The monoisotopic (exact) mass is 438 g/mol. The number of carbonyl (C=O) groups is 1. The number of benzene rings is 2. The number of anilines is 1. The highest BCUT2D eigenvalue weighted by molar-refractivity contribution is 6.30. The zero-order valence-corrected chi connectivity index (χ0v) is 18.0. The fourth-order valence-corrected chi connectivity index (χ4v) is 3.59. The van der Waals surface area contributed by atoms with E-state index in [-0.39, 0.29) is 18.1 Å². The molecular weight excluding hydrogens is 416 g/mol. The van der Waals surface area contributed by atoms with Crippen molar-refractivity contribution in [1.29, 1.82) is 0 Å². The molecule has 1 aliphatic heterocycles. The average molecular weight is 439 g/mol. The first-order valence-corrected chi connectivity index (χ1v) is 10.5. The molecule has 0 unspecified atom stereocenters. The van der Waals surface area contributed by atoms with Crippen LogP contribution in [0.1, 0.15) is 5.56 Å². The van der Waals surface area contributed by atoms with Crippen LogP contribution in [0.2, 0.25) is 5.02 Å². The first-order chi connectivity index (χ1) is 15.0. The number of nitrogens with zero attached hydrogens (tertiary/aromatic N) is 4. The zero-order chi connectivity index (χ0) is 21.8. The number of carbonyl (C=O) groups excluding carboxylic acids is 1. The second-order valence-corrected chi connectivity index (χ2v) is 7.83. The van der Waals surface area contributed by atoms with Gasteiger partial charge in [0.2, 0.25) is 0 Å². The summed E-state index contributed by atoms with van der Waals surface area (Å²) in [4.78, 5) is 28.7. The molecule has 1 saturated heterocycles. The number of hydrogen-bond acceptors (Lipinski definition) is 5. The molecule has 7 nitrogen and oxygen atoms in total. The van der Waals surface area contributed by atoms with Gasteiger partial charge in [-0.3, -0.25) is 9.59 Å². The Labute approximate surface area is 185 Å². The van der Waals surface area contributed by atoms with Crippen LogP contribution in [0, 0.1) is 6.92 Å². The maximum absolute atomic E-state index is 12.5. The van der Waals surface area contributed by atoms with Gasteiger partial charge in [0.15, 0.2) is 6.61 Å². The maximum atomic E-state index is 12.5. The summed E-state index contributed by atoms with van der Waals surface area (Å²) >= 11 is 5.94. The summed E-state index contributed by atoms with van der Waals surface area (Å²) in [6.07, 6.45) is 0. The third-order valence-electron chi connectivity index (χ3n) is 5.17. The molecule has 0 N–H and O–H groups in total. The van der Waals surface area contributed by atoms with Gasteiger partial charge < -0.3 is 14.5 Å². The summed E-state index contributed by atoms with van der Waals surface area (Å²) < 4.78 is 6.99. The van der Waals surface area contributed by atoms with Gasteiger partial charge in [-0.15, -0.1) is 5.10 Å². The van der Waals surface area contributed by atoms with Crippen molar-refractivity contribution in [2.45, 2.75) is 6.92 Å². The lowest BCUT2D eigenvalue weighted by Gasteiger charge is -2.35. The lowest BCUT2D eigenvalue weighted by molar-refractivity contribution is -0.133. The molecule has 0 bridgehead atoms. The standard InChI is InChI=1S/C23H23ClN4O3/c1-17-3-2-4-20(15-17)31-16-23(30)27-13-11-26(12-14-27)21-9-10-22(29)28(25-21)19-7-5-18(24)6-8-19/h2-10,15H,11-14,16H2,1H3. The summed E-state index contributed by atoms with van der Waals surface area (Å²) in [5.74, 6) is 1.35. The minimum atomic E-state index is -0.215. The number of rotatable bonds is 5. The Balaban J connectivity index is 1.37. The number of piperazine rings is 1. The number of aromatic nitrogens is 2. The molecule has 0 aliphatic carbocycles. The minimum Gasteiger partial charge on any atom is -0.484 e. The van der Waals surface area contributed by atoms with Crippen molar-refractivity contribution in [2.24, 2.45) is 0 Å². The first kappa shape index (κ1) is 20.9. The van der Waals surface area contributed by atoms with Gasteiger partial charge in [-0.2, -0.15) is 4.68 Å². The molecule has 0 saturated carbocycles. The van der Waals surface area contributed by atoms with E-state index in [0.717, 1.165) is 5.56 Å². The second-order valence-electron chi connectivity index (χ2n) is 7.39. The van der Waals surface area contributed by atoms with Gasteiger partial charge in [0.1, 0.15) is 11.6 Å². The van der Waals surface area contributed by atoms with Crippen molar-refractivity contribution >= 4 is 23.3 Å². The third-order valence-corrected chi connectivity index (χ3v) is 5.42. The van der Waals surface area contributed by atoms with E-state index in [0.29, 0.717) is 48.5 Å². The number of halogens is 1. The number of amides is 1. The normalized spacial score (nSPS) is 13.9. The Kier molecular flexibility index (Phi) is 6.23. The largest absolute Gasteiger partial charge is 0.484 e. The van der Waals surface area contributed by atoms with Crippen LogP contribution >= 0.6 is 11.6 Å². The van der Waals surface area contributed by atoms with Gasteiger partial charge in [-0.05, 0) is 55.0 Å². The van der Waals surface area contributed by atoms with E-state index < -0.39 is 0 Å². The highest BCUT2D eigenvalue weighted by Crippen LogP contribution is 2.16. The van der Waals surface area contributed by atoms with Gasteiger partial charge in [0, 0.05) is 37.3 Å². The quantitative estimate of drug-likeness (QED) is 0.612. The fourth-order valence-electron chi connectivity index (χ4n) is 3.46. The summed E-state index contributed by atoms with van der Waals surface area (Å²) in [6.45, 7) is 4.39. The molecule has 0 spiro atoms. The van der Waals surface area contributed by atoms with Crippen LogP contribution in [0.5, 0.6) is 5.75 Å². The zero-order valence-electron chi connectivity index (χ0n) is 17.2. The number of ether oxygens (including phenoxy) is 1. The average Bonchev–Trinajstić information content (AvgIpc) is 2.79. The molecule has 2 heterocycles. The molecule has 1 aromatic heterocycles. The molecule has 1 aliphatic rings. The summed E-state index contributed by atoms with van der Waals surface area (Å²) in [6, 6.07) is 17.8. The highest BCUT2D eigenvalue weighted by Gasteiger charge is 2.22. The van der Waals surface area contributed by atoms with E-state index in [4.69, 9.17) is 16.3 Å². The first-order valence-electron chi connectivity index (χ1n) is 10.1. The lowest BCUT2D eigenvalue weighted by Crippen LogP contribution is -2.50. The Morgan fingerprint density at radius 2 is 1.77 bits per heavy atom. The van der Waals surface area contributed by atoms with Gasteiger partial charge in [0.05, 0.1) is 5.69 Å². The van der Waals surface area contributed by atoms with Gasteiger partial charge >= 0.3 is 0 Å². The molecular formula is C23H23ClN4O3. The topological polar surface area (TPSA) is 67.7 Å². The van der Waals surface area contributed by atoms with Crippen molar-refractivity contribution in [3.8, 4) is 11.4 Å². The van der Waals surface area contributed by atoms with E-state index >= 15 is 0 Å². The van der Waals surface area contributed by atoms with Gasteiger partial charge in [-0.1, -0.05) is 23.7 Å². The molecule has 1 fully saturated rings. The summed E-state index contributed by atoms with van der Waals surface area (Å²) in [5, 5.41) is 5.11. The van der Waals surface area contributed by atoms with Gasteiger partial charge in [-0.25, -0.2) is 0 Å². The molecule has 31 heavy (non-hydrogen) atoms. The second kappa shape index (κ2) is 9.22. The molecule has 160 valence electrons. The summed E-state index contributed by atoms with van der Waals surface area (Å²) in [5.41, 5.74) is 1.53. The molecule has 2 aromatic carbocycles. The molecule has 4 rings (SSSR count).